The third kappa shape index (κ3) is 3.07. The highest BCUT2D eigenvalue weighted by atomic mass is 35.5. The molecular formula is C12H15ClN2O. The quantitative estimate of drug-likeness (QED) is 0.647. The number of rotatable bonds is 4. The van der Waals surface area contributed by atoms with E-state index in [4.69, 9.17) is 11.6 Å². The smallest absolute Gasteiger partial charge is 0.224 e. The van der Waals surface area contributed by atoms with Crippen LogP contribution in [0.2, 0.25) is 5.15 Å². The first-order valence-electron chi connectivity index (χ1n) is 5.15. The third-order valence-electron chi connectivity index (χ3n) is 2.16. The number of amides is 1. The lowest BCUT2D eigenvalue weighted by Gasteiger charge is -2.10. The van der Waals surface area contributed by atoms with E-state index in [9.17, 15) is 4.79 Å². The van der Waals surface area contributed by atoms with Crippen LogP contribution in [0.5, 0.6) is 0 Å². The first-order valence-corrected chi connectivity index (χ1v) is 5.53. The van der Waals surface area contributed by atoms with Crippen LogP contribution >= 0.6 is 11.6 Å². The van der Waals surface area contributed by atoms with Gasteiger partial charge in [-0.1, -0.05) is 24.6 Å². The molecule has 0 saturated heterocycles. The van der Waals surface area contributed by atoms with Gasteiger partial charge in [-0.3, -0.25) is 4.79 Å². The Morgan fingerprint density at radius 2 is 2.38 bits per heavy atom. The normalized spacial score (nSPS) is 9.94. The van der Waals surface area contributed by atoms with Crippen LogP contribution in [0.3, 0.4) is 0 Å². The summed E-state index contributed by atoms with van der Waals surface area (Å²) in [4.78, 5) is 15.5. The summed E-state index contributed by atoms with van der Waals surface area (Å²) in [6.07, 6.45) is 2.86. The van der Waals surface area contributed by atoms with E-state index in [0.717, 1.165) is 11.3 Å². The van der Waals surface area contributed by atoms with Crippen LogP contribution in [0.1, 0.15) is 24.6 Å². The number of hydrogen-bond donors (Lipinski definition) is 1. The fraction of sp³-hybridized carbons (Fsp3) is 0.333. The molecule has 0 atom stereocenters. The Hall–Kier alpha value is -1.35. The minimum Gasteiger partial charge on any atom is -0.323 e. The molecule has 0 spiro atoms. The van der Waals surface area contributed by atoms with Gasteiger partial charge in [0.2, 0.25) is 5.91 Å². The van der Waals surface area contributed by atoms with E-state index < -0.39 is 0 Å². The molecule has 0 radical (unpaired) electrons. The number of hydrogen-bond acceptors (Lipinski definition) is 2. The molecule has 1 aromatic rings. The number of nitrogens with one attached hydrogen (secondary N) is 1. The van der Waals surface area contributed by atoms with Gasteiger partial charge in [0.25, 0.3) is 0 Å². The Labute approximate surface area is 101 Å². The van der Waals surface area contributed by atoms with Crippen LogP contribution in [0.4, 0.5) is 5.69 Å². The van der Waals surface area contributed by atoms with E-state index in [1.54, 1.807) is 13.0 Å². The topological polar surface area (TPSA) is 42.0 Å². The highest BCUT2D eigenvalue weighted by Crippen LogP contribution is 2.25. The fourth-order valence-electron chi connectivity index (χ4n) is 1.33. The largest absolute Gasteiger partial charge is 0.323 e. The summed E-state index contributed by atoms with van der Waals surface area (Å²) in [6, 6.07) is 1.90. The molecule has 3 nitrogen and oxygen atoms in total. The zero-order chi connectivity index (χ0) is 12.1. The van der Waals surface area contributed by atoms with Crippen molar-refractivity contribution in [1.82, 2.24) is 4.98 Å². The van der Waals surface area contributed by atoms with E-state index in [1.807, 2.05) is 13.0 Å². The Morgan fingerprint density at radius 3 is 2.88 bits per heavy atom. The molecule has 0 saturated carbocycles. The highest BCUT2D eigenvalue weighted by molar-refractivity contribution is 6.32. The molecule has 0 unspecified atom stereocenters. The Morgan fingerprint density at radius 1 is 1.69 bits per heavy atom. The van der Waals surface area contributed by atoms with Crippen molar-refractivity contribution in [1.29, 1.82) is 0 Å². The summed E-state index contributed by atoms with van der Waals surface area (Å²) in [5, 5.41) is 3.07. The van der Waals surface area contributed by atoms with Crippen LogP contribution in [-0.4, -0.2) is 10.9 Å². The monoisotopic (exact) mass is 238 g/mol. The van der Waals surface area contributed by atoms with Gasteiger partial charge < -0.3 is 5.32 Å². The van der Waals surface area contributed by atoms with Gasteiger partial charge in [-0.25, -0.2) is 4.98 Å². The predicted molar refractivity (Wildman–Crippen MR) is 66.8 cm³/mol. The average molecular weight is 239 g/mol. The third-order valence-corrected chi connectivity index (χ3v) is 2.44. The molecule has 16 heavy (non-hydrogen) atoms. The second-order valence-electron chi connectivity index (χ2n) is 3.49. The van der Waals surface area contributed by atoms with Gasteiger partial charge in [0.05, 0.1) is 5.69 Å². The summed E-state index contributed by atoms with van der Waals surface area (Å²) in [5.74, 6) is -0.0664. The van der Waals surface area contributed by atoms with E-state index >= 15 is 0 Å². The minimum atomic E-state index is -0.0664. The lowest BCUT2D eigenvalue weighted by molar-refractivity contribution is -0.115. The number of carbonyl (C=O) groups excluding carboxylic acids is 1. The molecule has 0 bridgehead atoms. The van der Waals surface area contributed by atoms with Crippen molar-refractivity contribution < 1.29 is 4.79 Å². The number of halogens is 1. The second kappa shape index (κ2) is 5.66. The Bertz CT molecular complexity index is 392. The molecule has 0 aliphatic heterocycles. The Balaban J connectivity index is 3.02. The van der Waals surface area contributed by atoms with Gasteiger partial charge in [0.15, 0.2) is 5.15 Å². The number of nitrogens with zero attached hydrogens (tertiary/aromatic N) is 1. The SMILES string of the molecule is C=CCc1cc(C)c(NC(=O)CC)c(Cl)n1. The van der Waals surface area contributed by atoms with E-state index in [-0.39, 0.29) is 5.91 Å². The van der Waals surface area contributed by atoms with Gasteiger partial charge in [0.1, 0.15) is 0 Å². The molecule has 0 aliphatic rings. The van der Waals surface area contributed by atoms with Crippen molar-refractivity contribution >= 4 is 23.2 Å². The number of anilines is 1. The van der Waals surface area contributed by atoms with Crippen molar-refractivity contribution in [2.45, 2.75) is 26.7 Å². The van der Waals surface area contributed by atoms with Crippen LogP contribution in [0.25, 0.3) is 0 Å². The maximum atomic E-state index is 11.3. The van der Waals surface area contributed by atoms with Crippen LogP contribution in [-0.2, 0) is 11.2 Å². The average Bonchev–Trinajstić information content (AvgIpc) is 2.23. The zero-order valence-corrected chi connectivity index (χ0v) is 10.3. The van der Waals surface area contributed by atoms with Crippen molar-refractivity contribution in [2.75, 3.05) is 5.32 Å². The van der Waals surface area contributed by atoms with Crippen LogP contribution < -0.4 is 5.32 Å². The van der Waals surface area contributed by atoms with Crippen molar-refractivity contribution in [2.24, 2.45) is 0 Å². The molecule has 0 aromatic carbocycles. The molecule has 1 amide bonds. The number of carbonyl (C=O) groups is 1. The minimum absolute atomic E-state index is 0.0664. The number of allylic oxidation sites excluding steroid dienone is 1. The van der Waals surface area contributed by atoms with Gasteiger partial charge in [-0.2, -0.15) is 0 Å². The van der Waals surface area contributed by atoms with Crippen molar-refractivity contribution in [3.05, 3.63) is 35.1 Å². The zero-order valence-electron chi connectivity index (χ0n) is 9.51. The summed E-state index contributed by atoms with van der Waals surface area (Å²) in [6.45, 7) is 7.33. The van der Waals surface area contributed by atoms with Crippen LogP contribution in [0.15, 0.2) is 18.7 Å². The summed E-state index contributed by atoms with van der Waals surface area (Å²) in [5.41, 5.74) is 2.37. The van der Waals surface area contributed by atoms with Gasteiger partial charge >= 0.3 is 0 Å². The van der Waals surface area contributed by atoms with Crippen molar-refractivity contribution in [3.8, 4) is 0 Å². The molecular weight excluding hydrogens is 224 g/mol. The molecule has 4 heteroatoms. The predicted octanol–water partition coefficient (Wildman–Crippen LogP) is 3.12. The summed E-state index contributed by atoms with van der Waals surface area (Å²) < 4.78 is 0. The van der Waals surface area contributed by atoms with Crippen LogP contribution in [0, 0.1) is 6.92 Å². The van der Waals surface area contributed by atoms with Crippen molar-refractivity contribution in [3.63, 3.8) is 0 Å². The Kier molecular flexibility index (Phi) is 4.50. The summed E-state index contributed by atoms with van der Waals surface area (Å²) >= 11 is 6.01. The molecule has 1 heterocycles. The second-order valence-corrected chi connectivity index (χ2v) is 3.85. The molecule has 86 valence electrons. The van der Waals surface area contributed by atoms with E-state index in [0.29, 0.717) is 23.7 Å². The molecule has 1 rings (SSSR count). The molecule has 1 N–H and O–H groups in total. The van der Waals surface area contributed by atoms with E-state index in [1.165, 1.54) is 0 Å². The maximum Gasteiger partial charge on any atom is 0.224 e. The van der Waals surface area contributed by atoms with Gasteiger partial charge in [-0.15, -0.1) is 6.58 Å². The number of pyridine rings is 1. The van der Waals surface area contributed by atoms with E-state index in [2.05, 4.69) is 16.9 Å². The lowest BCUT2D eigenvalue weighted by atomic mass is 10.2. The lowest BCUT2D eigenvalue weighted by Crippen LogP contribution is -2.12. The summed E-state index contributed by atoms with van der Waals surface area (Å²) in [7, 11) is 0. The van der Waals surface area contributed by atoms with Gasteiger partial charge in [0, 0.05) is 18.5 Å². The molecule has 0 aliphatic carbocycles. The fourth-order valence-corrected chi connectivity index (χ4v) is 1.63. The van der Waals surface area contributed by atoms with Gasteiger partial charge in [-0.05, 0) is 18.6 Å². The number of aromatic nitrogens is 1. The first-order chi connectivity index (χ1) is 7.58. The first kappa shape index (κ1) is 12.7. The molecule has 1 aromatic heterocycles. The number of aryl methyl sites for hydroxylation is 1. The standard InChI is InChI=1S/C12H15ClN2O/c1-4-6-9-7-8(3)11(12(13)14-9)15-10(16)5-2/h4,7H,1,5-6H2,2-3H3,(H,15,16). The maximum absolute atomic E-state index is 11.3. The highest BCUT2D eigenvalue weighted by Gasteiger charge is 2.09. The molecule has 0 fully saturated rings.